The van der Waals surface area contributed by atoms with Crippen LogP contribution >= 0.6 is 0 Å². The second-order valence-corrected chi connectivity index (χ2v) is 9.54. The molecule has 1 heterocycles. The second-order valence-electron chi connectivity index (χ2n) is 7.28. The molecule has 30 heavy (non-hydrogen) atoms. The molecule has 2 aromatic carbocycles. The third-order valence-corrected chi connectivity index (χ3v) is 5.72. The molecule has 0 unspecified atom stereocenters. The van der Waals surface area contributed by atoms with Gasteiger partial charge in [0, 0.05) is 36.7 Å². The number of hydrogen-bond donors (Lipinski definition) is 2. The molecule has 3 rings (SSSR count). The summed E-state index contributed by atoms with van der Waals surface area (Å²) in [5.74, 6) is -1.26. The molecule has 2 aromatic rings. The van der Waals surface area contributed by atoms with Gasteiger partial charge < -0.3 is 15.5 Å². The smallest absolute Gasteiger partial charge is 0.255 e. The Morgan fingerprint density at radius 1 is 1.07 bits per heavy atom. The van der Waals surface area contributed by atoms with Gasteiger partial charge in [-0.15, -0.1) is 0 Å². The molecule has 0 aromatic heterocycles. The SMILES string of the molecule is CC(=O)Nc1cccc(NC(=O)[C@@H](CCS(C)(=O)=O)N2Cc3ccccc3C2=O)c1. The molecule has 1 atom stereocenters. The van der Waals surface area contributed by atoms with Gasteiger partial charge in [-0.25, -0.2) is 8.42 Å². The van der Waals surface area contributed by atoms with Gasteiger partial charge in [0.25, 0.3) is 5.91 Å². The fourth-order valence-corrected chi connectivity index (χ4v) is 4.04. The van der Waals surface area contributed by atoms with Crippen LogP contribution < -0.4 is 10.6 Å². The Labute approximate surface area is 175 Å². The number of sulfone groups is 1. The van der Waals surface area contributed by atoms with Gasteiger partial charge in [0.2, 0.25) is 11.8 Å². The average Bonchev–Trinajstić information content (AvgIpc) is 2.98. The van der Waals surface area contributed by atoms with Crippen LogP contribution in [0.5, 0.6) is 0 Å². The van der Waals surface area contributed by atoms with Crippen LogP contribution in [0.2, 0.25) is 0 Å². The predicted octanol–water partition coefficient (Wildman–Crippen LogP) is 2.04. The third kappa shape index (κ3) is 5.24. The zero-order valence-electron chi connectivity index (χ0n) is 16.7. The van der Waals surface area contributed by atoms with Crippen molar-refractivity contribution < 1.29 is 22.8 Å². The lowest BCUT2D eigenvalue weighted by atomic mass is 10.1. The lowest BCUT2D eigenvalue weighted by molar-refractivity contribution is -0.120. The molecule has 0 saturated heterocycles. The summed E-state index contributed by atoms with van der Waals surface area (Å²) in [6.45, 7) is 1.62. The van der Waals surface area contributed by atoms with Crippen LogP contribution in [0.3, 0.4) is 0 Å². The highest BCUT2D eigenvalue weighted by atomic mass is 32.2. The summed E-state index contributed by atoms with van der Waals surface area (Å²) in [4.78, 5) is 38.6. The maximum absolute atomic E-state index is 13.1. The van der Waals surface area contributed by atoms with Crippen molar-refractivity contribution in [3.05, 3.63) is 59.7 Å². The third-order valence-electron chi connectivity index (χ3n) is 4.74. The van der Waals surface area contributed by atoms with Crippen molar-refractivity contribution in [2.75, 3.05) is 22.6 Å². The maximum Gasteiger partial charge on any atom is 0.255 e. The zero-order valence-corrected chi connectivity index (χ0v) is 17.5. The van der Waals surface area contributed by atoms with Crippen LogP contribution in [-0.4, -0.2) is 49.1 Å². The number of carbonyl (C=O) groups is 3. The standard InChI is InChI=1S/C21H23N3O5S/c1-14(25)22-16-7-5-8-17(12-16)23-20(26)19(10-11-30(2,28)29)24-13-15-6-3-4-9-18(15)21(24)27/h3-9,12,19H,10-11,13H2,1-2H3,(H,22,25)(H,23,26)/t19-/m1/s1. The minimum atomic E-state index is -3.33. The number of nitrogens with zero attached hydrogens (tertiary/aromatic N) is 1. The van der Waals surface area contributed by atoms with E-state index in [2.05, 4.69) is 10.6 Å². The van der Waals surface area contributed by atoms with Gasteiger partial charge in [-0.2, -0.15) is 0 Å². The summed E-state index contributed by atoms with van der Waals surface area (Å²) in [5.41, 5.74) is 2.26. The Hall–Kier alpha value is -3.20. The molecule has 0 spiro atoms. The minimum Gasteiger partial charge on any atom is -0.326 e. The Kier molecular flexibility index (Phi) is 6.21. The Bertz CT molecular complexity index is 1100. The zero-order chi connectivity index (χ0) is 21.9. The van der Waals surface area contributed by atoms with E-state index in [0.717, 1.165) is 11.8 Å². The molecule has 3 amide bonds. The molecule has 0 aliphatic carbocycles. The first-order chi connectivity index (χ1) is 14.1. The van der Waals surface area contributed by atoms with Gasteiger partial charge in [0.1, 0.15) is 15.9 Å². The van der Waals surface area contributed by atoms with E-state index in [4.69, 9.17) is 0 Å². The molecule has 0 fully saturated rings. The van der Waals surface area contributed by atoms with E-state index in [1.165, 1.54) is 11.8 Å². The van der Waals surface area contributed by atoms with Gasteiger partial charge in [0.05, 0.1) is 5.75 Å². The summed E-state index contributed by atoms with van der Waals surface area (Å²) >= 11 is 0. The first-order valence-electron chi connectivity index (χ1n) is 9.39. The van der Waals surface area contributed by atoms with Crippen LogP contribution in [0.1, 0.15) is 29.3 Å². The molecule has 158 valence electrons. The van der Waals surface area contributed by atoms with E-state index in [1.54, 1.807) is 36.4 Å². The van der Waals surface area contributed by atoms with Gasteiger partial charge in [-0.3, -0.25) is 14.4 Å². The first-order valence-corrected chi connectivity index (χ1v) is 11.5. The van der Waals surface area contributed by atoms with Gasteiger partial charge >= 0.3 is 0 Å². The van der Waals surface area contributed by atoms with Crippen molar-refractivity contribution in [3.63, 3.8) is 0 Å². The van der Waals surface area contributed by atoms with E-state index in [0.29, 0.717) is 16.9 Å². The van der Waals surface area contributed by atoms with Crippen molar-refractivity contribution >= 4 is 38.9 Å². The van der Waals surface area contributed by atoms with Crippen LogP contribution in [0.25, 0.3) is 0 Å². The lowest BCUT2D eigenvalue weighted by Crippen LogP contribution is -2.45. The molecular weight excluding hydrogens is 406 g/mol. The number of carbonyl (C=O) groups excluding carboxylic acids is 3. The summed E-state index contributed by atoms with van der Waals surface area (Å²) in [6.07, 6.45) is 1.08. The van der Waals surface area contributed by atoms with E-state index >= 15 is 0 Å². The van der Waals surface area contributed by atoms with Crippen molar-refractivity contribution in [2.45, 2.75) is 25.9 Å². The highest BCUT2D eigenvalue weighted by Crippen LogP contribution is 2.26. The fourth-order valence-electron chi connectivity index (χ4n) is 3.39. The quantitative estimate of drug-likeness (QED) is 0.699. The highest BCUT2D eigenvalue weighted by Gasteiger charge is 2.36. The molecule has 1 aliphatic heterocycles. The Morgan fingerprint density at radius 2 is 1.73 bits per heavy atom. The molecule has 0 saturated carbocycles. The van der Waals surface area contributed by atoms with Crippen molar-refractivity contribution in [3.8, 4) is 0 Å². The topological polar surface area (TPSA) is 113 Å². The number of fused-ring (bicyclic) bond motifs is 1. The van der Waals surface area contributed by atoms with Crippen LogP contribution in [-0.2, 0) is 26.0 Å². The number of benzene rings is 2. The normalized spacial score (nSPS) is 14.2. The molecule has 2 N–H and O–H groups in total. The highest BCUT2D eigenvalue weighted by molar-refractivity contribution is 7.90. The van der Waals surface area contributed by atoms with Crippen LogP contribution in [0.15, 0.2) is 48.5 Å². The van der Waals surface area contributed by atoms with Crippen molar-refractivity contribution in [2.24, 2.45) is 0 Å². The second kappa shape index (κ2) is 8.66. The molecule has 0 radical (unpaired) electrons. The van der Waals surface area contributed by atoms with E-state index in [-0.39, 0.29) is 30.5 Å². The minimum absolute atomic E-state index is 0.0181. The molecule has 0 bridgehead atoms. The summed E-state index contributed by atoms with van der Waals surface area (Å²) < 4.78 is 23.4. The fraction of sp³-hybridized carbons (Fsp3) is 0.286. The van der Waals surface area contributed by atoms with Gasteiger partial charge in [-0.1, -0.05) is 24.3 Å². The Morgan fingerprint density at radius 3 is 2.37 bits per heavy atom. The monoisotopic (exact) mass is 429 g/mol. The Balaban J connectivity index is 1.83. The van der Waals surface area contributed by atoms with Gasteiger partial charge in [0.15, 0.2) is 0 Å². The van der Waals surface area contributed by atoms with Crippen molar-refractivity contribution in [1.82, 2.24) is 4.90 Å². The predicted molar refractivity (Wildman–Crippen MR) is 114 cm³/mol. The van der Waals surface area contributed by atoms with Crippen LogP contribution in [0.4, 0.5) is 11.4 Å². The van der Waals surface area contributed by atoms with E-state index < -0.39 is 21.8 Å². The largest absolute Gasteiger partial charge is 0.326 e. The van der Waals surface area contributed by atoms with E-state index in [1.807, 2.05) is 12.1 Å². The molecular formula is C21H23N3O5S. The maximum atomic E-state index is 13.1. The average molecular weight is 429 g/mol. The molecule has 8 nitrogen and oxygen atoms in total. The number of hydrogen-bond acceptors (Lipinski definition) is 5. The number of nitrogens with one attached hydrogen (secondary N) is 2. The number of amides is 3. The lowest BCUT2D eigenvalue weighted by Gasteiger charge is -2.27. The summed E-state index contributed by atoms with van der Waals surface area (Å²) in [5, 5.41) is 5.37. The molecule has 1 aliphatic rings. The number of rotatable bonds is 7. The van der Waals surface area contributed by atoms with Crippen LogP contribution in [0, 0.1) is 0 Å². The van der Waals surface area contributed by atoms with E-state index in [9.17, 15) is 22.8 Å². The van der Waals surface area contributed by atoms with Crippen molar-refractivity contribution in [1.29, 1.82) is 0 Å². The summed E-state index contributed by atoms with van der Waals surface area (Å²) in [7, 11) is -3.33. The van der Waals surface area contributed by atoms with Gasteiger partial charge in [-0.05, 0) is 36.2 Å². The first kappa shape index (κ1) is 21.5. The molecule has 9 heteroatoms. The summed E-state index contributed by atoms with van der Waals surface area (Å²) in [6, 6.07) is 12.7. The number of anilines is 2.